The first-order valence-electron chi connectivity index (χ1n) is 14.3. The molecule has 0 unspecified atom stereocenters. The number of hydrogen-bond donors (Lipinski definition) is 0. The maximum Gasteiger partial charge on any atom is 0.0366 e. The van der Waals surface area contributed by atoms with E-state index in [-0.39, 0.29) is 11.8 Å². The van der Waals surface area contributed by atoms with Gasteiger partial charge in [0.25, 0.3) is 0 Å². The number of rotatable bonds is 5. The summed E-state index contributed by atoms with van der Waals surface area (Å²) >= 11 is 1.91. The van der Waals surface area contributed by atoms with Crippen LogP contribution in [-0.2, 0) is 0 Å². The molecule has 2 atom stereocenters. The summed E-state index contributed by atoms with van der Waals surface area (Å²) in [6.45, 7) is 2.16. The van der Waals surface area contributed by atoms with Crippen molar-refractivity contribution in [3.63, 3.8) is 0 Å². The smallest absolute Gasteiger partial charge is 0.0366 e. The van der Waals surface area contributed by atoms with Crippen LogP contribution in [-0.4, -0.2) is 0 Å². The van der Waals surface area contributed by atoms with Crippen LogP contribution in [0.5, 0.6) is 0 Å². The molecule has 0 spiro atoms. The van der Waals surface area contributed by atoms with Crippen LogP contribution in [0.4, 0.5) is 0 Å². The number of benzene rings is 6. The first kappa shape index (κ1) is 24.9. The highest BCUT2D eigenvalue weighted by atomic mass is 32.2. The molecule has 0 fully saturated rings. The molecule has 6 aromatic rings. The highest BCUT2D eigenvalue weighted by Gasteiger charge is 2.44. The molecule has 0 nitrogen and oxygen atoms in total. The Balaban J connectivity index is 1.38. The van der Waals surface area contributed by atoms with Crippen LogP contribution >= 0.6 is 19.7 Å². The lowest BCUT2D eigenvalue weighted by Gasteiger charge is -2.44. The molecular formula is C39H29PS. The highest BCUT2D eigenvalue weighted by Crippen LogP contribution is 2.58. The molecule has 0 aliphatic heterocycles. The van der Waals surface area contributed by atoms with Gasteiger partial charge >= 0.3 is 0 Å². The van der Waals surface area contributed by atoms with Crippen molar-refractivity contribution >= 4 is 35.6 Å². The zero-order chi connectivity index (χ0) is 27.3. The van der Waals surface area contributed by atoms with E-state index in [2.05, 4.69) is 153 Å². The fourth-order valence-corrected chi connectivity index (χ4v) is 10.4. The van der Waals surface area contributed by atoms with Crippen molar-refractivity contribution in [1.82, 2.24) is 0 Å². The van der Waals surface area contributed by atoms with Crippen molar-refractivity contribution < 1.29 is 0 Å². The normalized spacial score (nSPS) is 16.2. The van der Waals surface area contributed by atoms with Gasteiger partial charge in [0.2, 0.25) is 0 Å². The Labute approximate surface area is 247 Å². The Morgan fingerprint density at radius 3 is 1.66 bits per heavy atom. The van der Waals surface area contributed by atoms with Crippen molar-refractivity contribution in [2.24, 2.45) is 0 Å². The summed E-state index contributed by atoms with van der Waals surface area (Å²) < 4.78 is 0. The first-order valence-corrected chi connectivity index (χ1v) is 16.4. The Kier molecular flexibility index (Phi) is 6.17. The molecule has 2 heteroatoms. The Bertz CT molecular complexity index is 1840. The van der Waals surface area contributed by atoms with E-state index < -0.39 is 7.92 Å². The SMILES string of the molecule is Cc1ccc(Sc2cccc3c2[C@@H]2c4ccccc4[C@H]3c3cccc(P(c4ccccc4)c4ccccc4)c32)cc1. The molecule has 3 aliphatic rings. The van der Waals surface area contributed by atoms with Crippen LogP contribution in [0, 0.1) is 6.92 Å². The van der Waals surface area contributed by atoms with E-state index in [4.69, 9.17) is 0 Å². The predicted octanol–water partition coefficient (Wildman–Crippen LogP) is 8.89. The van der Waals surface area contributed by atoms with Gasteiger partial charge in [-0.05, 0) is 82.3 Å². The molecule has 9 rings (SSSR count). The topological polar surface area (TPSA) is 0 Å². The van der Waals surface area contributed by atoms with Crippen LogP contribution in [0.3, 0.4) is 0 Å². The van der Waals surface area contributed by atoms with E-state index >= 15 is 0 Å². The van der Waals surface area contributed by atoms with E-state index in [1.54, 1.807) is 0 Å². The summed E-state index contributed by atoms with van der Waals surface area (Å²) in [6.07, 6.45) is 0. The lowest BCUT2D eigenvalue weighted by molar-refractivity contribution is 0.743. The number of aryl methyl sites for hydroxylation is 1. The van der Waals surface area contributed by atoms with Gasteiger partial charge in [0, 0.05) is 21.6 Å². The van der Waals surface area contributed by atoms with E-state index in [0.717, 1.165) is 0 Å². The quantitative estimate of drug-likeness (QED) is 0.190. The van der Waals surface area contributed by atoms with E-state index in [1.165, 1.54) is 64.6 Å². The standard InChI is InChI=1S/C39H29PS/c1-26-22-24-29(25-23-26)41-35-21-11-19-33-36-30-16-8-9-17-31(30)39(38(33)35)37-32(36)18-10-20-34(37)40(27-12-4-2-5-13-27)28-14-6-3-7-15-28/h2-25,36,39H,1H3/t36-,39+/m0/s1. The third kappa shape index (κ3) is 4.11. The molecule has 3 aliphatic carbocycles. The minimum Gasteiger partial charge on any atom is -0.0898 e. The Morgan fingerprint density at radius 2 is 1.00 bits per heavy atom. The van der Waals surface area contributed by atoms with Crippen LogP contribution in [0.25, 0.3) is 0 Å². The van der Waals surface area contributed by atoms with Gasteiger partial charge in [-0.2, -0.15) is 0 Å². The first-order chi connectivity index (χ1) is 20.3. The fourth-order valence-electron chi connectivity index (χ4n) is 6.85. The fraction of sp³-hybridized carbons (Fsp3) is 0.0769. The summed E-state index contributed by atoms with van der Waals surface area (Å²) in [4.78, 5) is 2.67. The molecular weight excluding hydrogens is 531 g/mol. The van der Waals surface area contributed by atoms with Crippen LogP contribution in [0.2, 0.25) is 0 Å². The number of hydrogen-bond acceptors (Lipinski definition) is 1. The molecule has 41 heavy (non-hydrogen) atoms. The van der Waals surface area contributed by atoms with Gasteiger partial charge in [0.05, 0.1) is 0 Å². The molecule has 0 amide bonds. The average molecular weight is 561 g/mol. The summed E-state index contributed by atoms with van der Waals surface area (Å²) in [5, 5.41) is 4.29. The zero-order valence-electron chi connectivity index (χ0n) is 22.9. The van der Waals surface area contributed by atoms with Crippen molar-refractivity contribution in [3.8, 4) is 0 Å². The monoisotopic (exact) mass is 560 g/mol. The molecule has 0 heterocycles. The molecule has 6 aromatic carbocycles. The van der Waals surface area contributed by atoms with Crippen LogP contribution in [0.1, 0.15) is 50.8 Å². The Hall–Kier alpha value is -3.90. The Morgan fingerprint density at radius 1 is 0.463 bits per heavy atom. The molecule has 2 bridgehead atoms. The largest absolute Gasteiger partial charge is 0.0898 e. The van der Waals surface area contributed by atoms with E-state index in [0.29, 0.717) is 0 Å². The van der Waals surface area contributed by atoms with Gasteiger partial charge in [-0.1, -0.05) is 145 Å². The summed E-state index contributed by atoms with van der Waals surface area (Å²) in [5.41, 5.74) is 10.2. The lowest BCUT2D eigenvalue weighted by Crippen LogP contribution is -2.34. The molecule has 0 saturated heterocycles. The predicted molar refractivity (Wildman–Crippen MR) is 175 cm³/mol. The summed E-state index contributed by atoms with van der Waals surface area (Å²) in [5.74, 6) is 0.465. The maximum absolute atomic E-state index is 2.42. The molecule has 0 saturated carbocycles. The van der Waals surface area contributed by atoms with E-state index in [9.17, 15) is 0 Å². The zero-order valence-corrected chi connectivity index (χ0v) is 24.6. The van der Waals surface area contributed by atoms with Crippen molar-refractivity contribution in [3.05, 3.63) is 185 Å². The van der Waals surface area contributed by atoms with Gasteiger partial charge in [-0.15, -0.1) is 0 Å². The average Bonchev–Trinajstić information content (AvgIpc) is 3.03. The van der Waals surface area contributed by atoms with Gasteiger partial charge in [-0.25, -0.2) is 0 Å². The van der Waals surface area contributed by atoms with Crippen molar-refractivity contribution in [2.75, 3.05) is 0 Å². The maximum atomic E-state index is 2.42. The minimum atomic E-state index is -0.719. The molecule has 0 N–H and O–H groups in total. The van der Waals surface area contributed by atoms with Gasteiger partial charge in [0.1, 0.15) is 0 Å². The second-order valence-corrected chi connectivity index (χ2v) is 14.3. The lowest BCUT2D eigenvalue weighted by atomic mass is 9.61. The van der Waals surface area contributed by atoms with Gasteiger partial charge in [0.15, 0.2) is 0 Å². The molecule has 0 aromatic heterocycles. The molecule has 0 radical (unpaired) electrons. The highest BCUT2D eigenvalue weighted by molar-refractivity contribution is 7.99. The van der Waals surface area contributed by atoms with Crippen LogP contribution < -0.4 is 15.9 Å². The third-order valence-corrected chi connectivity index (χ3v) is 12.1. The summed E-state index contributed by atoms with van der Waals surface area (Å²) in [7, 11) is -0.719. The van der Waals surface area contributed by atoms with E-state index in [1.807, 2.05) is 11.8 Å². The third-order valence-electron chi connectivity index (χ3n) is 8.55. The van der Waals surface area contributed by atoms with Crippen molar-refractivity contribution in [1.29, 1.82) is 0 Å². The second kappa shape index (κ2) is 10.2. The van der Waals surface area contributed by atoms with Crippen molar-refractivity contribution in [2.45, 2.75) is 28.6 Å². The van der Waals surface area contributed by atoms with Gasteiger partial charge < -0.3 is 0 Å². The minimum absolute atomic E-state index is 0.212. The van der Waals surface area contributed by atoms with Gasteiger partial charge in [-0.3, -0.25) is 0 Å². The van der Waals surface area contributed by atoms with Crippen LogP contribution in [0.15, 0.2) is 155 Å². The molecule has 196 valence electrons. The second-order valence-electron chi connectivity index (χ2n) is 11.0. The summed E-state index contributed by atoms with van der Waals surface area (Å²) in [6, 6.07) is 54.6.